The molecule has 2 aromatic rings. The summed E-state index contributed by atoms with van der Waals surface area (Å²) in [6, 6.07) is 4.93. The lowest BCUT2D eigenvalue weighted by Crippen LogP contribution is -2.30. The molecule has 0 saturated carbocycles. The maximum absolute atomic E-state index is 13.5. The smallest absolute Gasteiger partial charge is 0.307 e. The Hall–Kier alpha value is -2.61. The summed E-state index contributed by atoms with van der Waals surface area (Å²) in [6.07, 6.45) is -1.51. The number of hydrogen-bond acceptors (Lipinski definition) is 5. The van der Waals surface area contributed by atoms with Crippen LogP contribution in [0.15, 0.2) is 24.3 Å². The molecule has 1 amide bonds. The lowest BCUT2D eigenvalue weighted by atomic mass is 10.1. The molecule has 0 radical (unpaired) electrons. The molecular formula is C19H19F2NO4S. The van der Waals surface area contributed by atoms with E-state index in [2.05, 4.69) is 5.32 Å². The molecule has 8 heteroatoms. The second-order valence-corrected chi connectivity index (χ2v) is 7.43. The Morgan fingerprint density at radius 3 is 2.33 bits per heavy atom. The molecular weight excluding hydrogens is 376 g/mol. The van der Waals surface area contributed by atoms with E-state index in [0.717, 1.165) is 28.0 Å². The number of carbonyl (C=O) groups excluding carboxylic acids is 3. The first-order valence-electron chi connectivity index (χ1n) is 8.23. The molecule has 1 aromatic carbocycles. The molecule has 0 aliphatic carbocycles. The van der Waals surface area contributed by atoms with Gasteiger partial charge in [-0.1, -0.05) is 6.07 Å². The monoisotopic (exact) mass is 395 g/mol. The van der Waals surface area contributed by atoms with Gasteiger partial charge in [0.2, 0.25) is 0 Å². The maximum Gasteiger partial charge on any atom is 0.307 e. The molecule has 0 aliphatic rings. The topological polar surface area (TPSA) is 72.5 Å². The van der Waals surface area contributed by atoms with E-state index in [1.54, 1.807) is 6.07 Å². The molecule has 0 bridgehead atoms. The van der Waals surface area contributed by atoms with Gasteiger partial charge in [0.15, 0.2) is 11.9 Å². The van der Waals surface area contributed by atoms with E-state index in [0.29, 0.717) is 5.56 Å². The Morgan fingerprint density at radius 2 is 1.78 bits per heavy atom. The normalized spacial score (nSPS) is 11.7. The Kier molecular flexibility index (Phi) is 6.79. The summed E-state index contributed by atoms with van der Waals surface area (Å²) in [6.45, 7) is 5.00. The molecule has 5 nitrogen and oxygen atoms in total. The van der Waals surface area contributed by atoms with E-state index in [1.807, 2.05) is 13.8 Å². The third kappa shape index (κ3) is 5.43. The van der Waals surface area contributed by atoms with Crippen molar-refractivity contribution in [2.24, 2.45) is 0 Å². The molecule has 0 saturated heterocycles. The molecule has 0 fully saturated rings. The zero-order chi connectivity index (χ0) is 20.1. The van der Waals surface area contributed by atoms with Crippen LogP contribution in [0.4, 0.5) is 14.5 Å². The fraction of sp³-hybridized carbons (Fsp3) is 0.316. The van der Waals surface area contributed by atoms with Gasteiger partial charge in [0.25, 0.3) is 5.91 Å². The minimum Gasteiger partial charge on any atom is -0.453 e. The number of amides is 1. The summed E-state index contributed by atoms with van der Waals surface area (Å²) in [5, 5.41) is 2.05. The number of nitrogens with one attached hydrogen (secondary N) is 1. The number of ether oxygens (including phenoxy) is 1. The average molecular weight is 395 g/mol. The van der Waals surface area contributed by atoms with Crippen LogP contribution in [-0.4, -0.2) is 23.8 Å². The first-order chi connectivity index (χ1) is 12.7. The lowest BCUT2D eigenvalue weighted by molar-refractivity contribution is -0.153. The van der Waals surface area contributed by atoms with Crippen LogP contribution in [-0.2, 0) is 14.3 Å². The zero-order valence-corrected chi connectivity index (χ0v) is 15.9. The molecule has 0 unspecified atom stereocenters. The molecule has 1 heterocycles. The highest BCUT2D eigenvalue weighted by atomic mass is 32.1. The minimum absolute atomic E-state index is 0.0495. The number of benzene rings is 1. The molecule has 2 rings (SSSR count). The largest absolute Gasteiger partial charge is 0.453 e. The van der Waals surface area contributed by atoms with Gasteiger partial charge in [-0.05, 0) is 39.0 Å². The molecule has 0 aliphatic heterocycles. The molecule has 1 aromatic heterocycles. The standard InChI is InChI=1S/C19H19F2NO4S/c1-10-9-13(12(3)27-10)16(23)7-8-17(24)26-11(2)19(25)22-18-14(20)5-4-6-15(18)21/h4-6,9,11H,7-8H2,1-3H3,(H,22,25)/t11-/m1/s1. The van der Waals surface area contributed by atoms with Crippen molar-refractivity contribution < 1.29 is 27.9 Å². The van der Waals surface area contributed by atoms with Crippen molar-refractivity contribution in [3.63, 3.8) is 0 Å². The van der Waals surface area contributed by atoms with Crippen molar-refractivity contribution in [1.29, 1.82) is 0 Å². The van der Waals surface area contributed by atoms with Gasteiger partial charge in [-0.2, -0.15) is 0 Å². The van der Waals surface area contributed by atoms with Gasteiger partial charge < -0.3 is 10.1 Å². The number of thiophene rings is 1. The van der Waals surface area contributed by atoms with Crippen LogP contribution in [0.2, 0.25) is 0 Å². The van der Waals surface area contributed by atoms with Crippen molar-refractivity contribution >= 4 is 34.7 Å². The van der Waals surface area contributed by atoms with Crippen LogP contribution in [0.1, 0.15) is 39.9 Å². The molecule has 1 N–H and O–H groups in total. The van der Waals surface area contributed by atoms with E-state index >= 15 is 0 Å². The number of rotatable bonds is 7. The number of hydrogen-bond donors (Lipinski definition) is 1. The van der Waals surface area contributed by atoms with Crippen LogP contribution < -0.4 is 5.32 Å². The summed E-state index contributed by atoms with van der Waals surface area (Å²) >= 11 is 1.50. The van der Waals surface area contributed by atoms with Crippen LogP contribution in [0, 0.1) is 25.5 Å². The second-order valence-electron chi connectivity index (χ2n) is 5.97. The summed E-state index contributed by atoms with van der Waals surface area (Å²) in [5.74, 6) is -3.67. The predicted octanol–water partition coefficient (Wildman–Crippen LogP) is 4.18. The van der Waals surface area contributed by atoms with Gasteiger partial charge in [0.05, 0.1) is 6.42 Å². The predicted molar refractivity (Wildman–Crippen MR) is 97.9 cm³/mol. The van der Waals surface area contributed by atoms with Gasteiger partial charge in [0.1, 0.15) is 17.3 Å². The molecule has 144 valence electrons. The van der Waals surface area contributed by atoms with E-state index in [9.17, 15) is 23.2 Å². The highest BCUT2D eigenvalue weighted by molar-refractivity contribution is 7.12. The van der Waals surface area contributed by atoms with Crippen molar-refractivity contribution in [3.8, 4) is 0 Å². The van der Waals surface area contributed by atoms with Crippen LogP contribution in [0.25, 0.3) is 0 Å². The Bertz CT molecular complexity index is 858. The van der Waals surface area contributed by atoms with E-state index < -0.39 is 35.3 Å². The number of ketones is 1. The Labute approximate surface area is 159 Å². The van der Waals surface area contributed by atoms with Gasteiger partial charge in [0, 0.05) is 21.7 Å². The first kappa shape index (κ1) is 20.7. The number of halogens is 2. The summed E-state index contributed by atoms with van der Waals surface area (Å²) < 4.78 is 32.0. The number of aryl methyl sites for hydroxylation is 2. The van der Waals surface area contributed by atoms with Crippen LogP contribution in [0.3, 0.4) is 0 Å². The van der Waals surface area contributed by atoms with Gasteiger partial charge >= 0.3 is 5.97 Å². The summed E-state index contributed by atoms with van der Waals surface area (Å²) in [7, 11) is 0. The zero-order valence-electron chi connectivity index (χ0n) is 15.1. The van der Waals surface area contributed by atoms with Gasteiger partial charge in [-0.3, -0.25) is 14.4 Å². The Morgan fingerprint density at radius 1 is 1.15 bits per heavy atom. The fourth-order valence-corrected chi connectivity index (χ4v) is 3.35. The number of para-hydroxylation sites is 1. The fourth-order valence-electron chi connectivity index (χ4n) is 2.41. The molecule has 1 atom stereocenters. The van der Waals surface area contributed by atoms with Crippen LogP contribution in [0.5, 0.6) is 0 Å². The highest BCUT2D eigenvalue weighted by Crippen LogP contribution is 2.22. The SMILES string of the molecule is Cc1cc(C(=O)CCC(=O)O[C@H](C)C(=O)Nc2c(F)cccc2F)c(C)s1. The third-order valence-electron chi connectivity index (χ3n) is 3.79. The van der Waals surface area contributed by atoms with Crippen molar-refractivity contribution in [2.75, 3.05) is 5.32 Å². The highest BCUT2D eigenvalue weighted by Gasteiger charge is 2.21. The van der Waals surface area contributed by atoms with Crippen molar-refractivity contribution in [1.82, 2.24) is 0 Å². The van der Waals surface area contributed by atoms with E-state index in [1.165, 1.54) is 18.3 Å². The quantitative estimate of drug-likeness (QED) is 0.564. The summed E-state index contributed by atoms with van der Waals surface area (Å²) in [5.41, 5.74) is -0.0324. The Balaban J connectivity index is 1.87. The number of esters is 1. The number of carbonyl (C=O) groups is 3. The maximum atomic E-state index is 13.5. The molecule has 27 heavy (non-hydrogen) atoms. The average Bonchev–Trinajstić information content (AvgIpc) is 2.94. The number of Topliss-reactive ketones (excluding diaryl/α,β-unsaturated/α-hetero) is 1. The van der Waals surface area contributed by atoms with E-state index in [-0.39, 0.29) is 18.6 Å². The van der Waals surface area contributed by atoms with Crippen molar-refractivity contribution in [2.45, 2.75) is 39.7 Å². The second kappa shape index (κ2) is 8.85. The first-order valence-corrected chi connectivity index (χ1v) is 9.05. The van der Waals surface area contributed by atoms with Gasteiger partial charge in [-0.15, -0.1) is 11.3 Å². The third-order valence-corrected chi connectivity index (χ3v) is 4.75. The molecule has 0 spiro atoms. The van der Waals surface area contributed by atoms with Gasteiger partial charge in [-0.25, -0.2) is 8.78 Å². The van der Waals surface area contributed by atoms with E-state index in [4.69, 9.17) is 4.74 Å². The lowest BCUT2D eigenvalue weighted by Gasteiger charge is -2.14. The minimum atomic E-state index is -1.27. The number of anilines is 1. The van der Waals surface area contributed by atoms with Crippen LogP contribution >= 0.6 is 11.3 Å². The summed E-state index contributed by atoms with van der Waals surface area (Å²) in [4.78, 5) is 37.9. The van der Waals surface area contributed by atoms with Crippen molar-refractivity contribution in [3.05, 3.63) is 51.2 Å².